The average Bonchev–Trinajstić information content (AvgIpc) is 3.15. The molecular weight excluding hydrogens is 300 g/mol. The van der Waals surface area contributed by atoms with E-state index < -0.39 is 5.41 Å². The van der Waals surface area contributed by atoms with E-state index in [2.05, 4.69) is 16.7 Å². The van der Waals surface area contributed by atoms with E-state index in [-0.39, 0.29) is 6.61 Å². The van der Waals surface area contributed by atoms with Gasteiger partial charge in [-0.1, -0.05) is 37.1 Å². The first-order valence-corrected chi connectivity index (χ1v) is 9.18. The highest BCUT2D eigenvalue weighted by Crippen LogP contribution is 2.36. The monoisotopic (exact) mass is 326 g/mol. The second kappa shape index (κ2) is 6.55. The van der Waals surface area contributed by atoms with Crippen LogP contribution in [-0.2, 0) is 11.8 Å². The fourth-order valence-corrected chi connectivity index (χ4v) is 3.95. The van der Waals surface area contributed by atoms with Gasteiger partial charge < -0.3 is 15.7 Å². The molecule has 1 fully saturated rings. The van der Waals surface area contributed by atoms with E-state index in [9.17, 15) is 5.11 Å². The van der Waals surface area contributed by atoms with Gasteiger partial charge in [0.25, 0.3) is 0 Å². The fraction of sp³-hybridized carbons (Fsp3) is 0.579. The molecule has 0 saturated heterocycles. The molecule has 1 unspecified atom stereocenters. The number of aromatic nitrogens is 2. The summed E-state index contributed by atoms with van der Waals surface area (Å²) in [5.41, 5.74) is 1.66. The van der Waals surface area contributed by atoms with Crippen LogP contribution in [0.3, 0.4) is 0 Å². The number of allylic oxidation sites excluding steroid dienone is 3. The van der Waals surface area contributed by atoms with Crippen molar-refractivity contribution in [2.24, 2.45) is 0 Å². The summed E-state index contributed by atoms with van der Waals surface area (Å²) in [5.74, 6) is 1.67. The quantitative estimate of drug-likeness (QED) is 0.793. The van der Waals surface area contributed by atoms with Crippen molar-refractivity contribution in [1.29, 1.82) is 0 Å². The van der Waals surface area contributed by atoms with Gasteiger partial charge in [-0.2, -0.15) is 0 Å². The highest BCUT2D eigenvalue weighted by molar-refractivity contribution is 5.69. The van der Waals surface area contributed by atoms with Gasteiger partial charge in [0.15, 0.2) is 5.82 Å². The zero-order valence-electron chi connectivity index (χ0n) is 14.1. The molecule has 5 nitrogen and oxygen atoms in total. The number of aliphatic hydroxyl groups is 1. The van der Waals surface area contributed by atoms with Crippen molar-refractivity contribution in [3.63, 3.8) is 0 Å². The minimum Gasteiger partial charge on any atom is -0.395 e. The highest BCUT2D eigenvalue weighted by atomic mass is 16.3. The molecule has 0 aromatic carbocycles. The maximum absolute atomic E-state index is 10.1. The third-order valence-corrected chi connectivity index (χ3v) is 5.44. The number of aliphatic hydroxyl groups excluding tert-OH is 1. The molecule has 3 N–H and O–H groups in total. The van der Waals surface area contributed by atoms with Crippen molar-refractivity contribution in [2.45, 2.75) is 56.4 Å². The Balaban J connectivity index is 1.74. The maximum Gasteiger partial charge on any atom is 0.153 e. The van der Waals surface area contributed by atoms with Gasteiger partial charge in [-0.05, 0) is 32.1 Å². The Bertz CT molecular complexity index is 664. The minimum atomic E-state index is -0.493. The summed E-state index contributed by atoms with van der Waals surface area (Å²) >= 11 is 0. The minimum absolute atomic E-state index is 0.0307. The molecule has 2 heterocycles. The number of hydrogen-bond donors (Lipinski definition) is 3. The van der Waals surface area contributed by atoms with Crippen LogP contribution < -0.4 is 10.6 Å². The molecule has 1 atom stereocenters. The number of hydrogen-bond acceptors (Lipinski definition) is 5. The molecule has 128 valence electrons. The number of nitrogens with zero attached hydrogens (tertiary/aromatic N) is 2. The molecule has 2 aliphatic carbocycles. The third kappa shape index (κ3) is 2.81. The van der Waals surface area contributed by atoms with Crippen LogP contribution in [-0.4, -0.2) is 34.3 Å². The highest BCUT2D eigenvalue weighted by Gasteiger charge is 2.34. The van der Waals surface area contributed by atoms with Crippen LogP contribution in [0, 0.1) is 0 Å². The predicted molar refractivity (Wildman–Crippen MR) is 96.4 cm³/mol. The van der Waals surface area contributed by atoms with Crippen LogP contribution in [0.25, 0.3) is 0 Å². The van der Waals surface area contributed by atoms with Gasteiger partial charge in [0.1, 0.15) is 5.82 Å². The molecule has 3 aliphatic rings. The Labute approximate surface area is 143 Å². The number of rotatable bonds is 4. The first-order valence-electron chi connectivity index (χ1n) is 9.18. The van der Waals surface area contributed by atoms with Crippen molar-refractivity contribution in [2.75, 3.05) is 23.8 Å². The van der Waals surface area contributed by atoms with E-state index in [1.807, 2.05) is 18.2 Å². The zero-order chi connectivity index (χ0) is 16.4. The van der Waals surface area contributed by atoms with Gasteiger partial charge in [0.05, 0.1) is 23.4 Å². The summed E-state index contributed by atoms with van der Waals surface area (Å²) in [6.07, 6.45) is 16.0. The lowest BCUT2D eigenvalue weighted by Gasteiger charge is -2.30. The summed E-state index contributed by atoms with van der Waals surface area (Å²) < 4.78 is 0. The average molecular weight is 326 g/mol. The second-order valence-corrected chi connectivity index (χ2v) is 7.18. The van der Waals surface area contributed by atoms with Crippen LogP contribution in [0.1, 0.15) is 50.0 Å². The van der Waals surface area contributed by atoms with Gasteiger partial charge in [-0.15, -0.1) is 0 Å². The van der Waals surface area contributed by atoms with Gasteiger partial charge in [-0.25, -0.2) is 9.97 Å². The molecule has 4 rings (SSSR count). The van der Waals surface area contributed by atoms with Gasteiger partial charge in [0.2, 0.25) is 0 Å². The summed E-state index contributed by atoms with van der Waals surface area (Å²) in [6, 6.07) is 0.507. The number of aryl methyl sites for hydroxylation is 1. The Kier molecular flexibility index (Phi) is 4.27. The lowest BCUT2D eigenvalue weighted by atomic mass is 9.81. The summed E-state index contributed by atoms with van der Waals surface area (Å²) in [4.78, 5) is 9.74. The van der Waals surface area contributed by atoms with Crippen molar-refractivity contribution >= 4 is 11.5 Å². The lowest BCUT2D eigenvalue weighted by molar-refractivity contribution is 0.218. The topological polar surface area (TPSA) is 70.1 Å². The maximum atomic E-state index is 10.1. The summed E-state index contributed by atoms with van der Waals surface area (Å²) in [5, 5.41) is 17.2. The molecule has 1 aliphatic heterocycles. The largest absolute Gasteiger partial charge is 0.395 e. The number of fused-ring (bicyclic) bond motifs is 1. The van der Waals surface area contributed by atoms with Crippen molar-refractivity contribution in [3.05, 3.63) is 35.8 Å². The van der Waals surface area contributed by atoms with E-state index in [1.54, 1.807) is 0 Å². The molecule has 24 heavy (non-hydrogen) atoms. The van der Waals surface area contributed by atoms with Gasteiger partial charge in [0, 0.05) is 12.6 Å². The normalized spacial score (nSPS) is 26.2. The smallest absolute Gasteiger partial charge is 0.153 e. The van der Waals surface area contributed by atoms with E-state index in [0.717, 1.165) is 48.8 Å². The fourth-order valence-electron chi connectivity index (χ4n) is 3.95. The SMILES string of the molecule is OCC1(c2nc3c(c(NC4CCCC4)n2)NCCC3)C=CC=CC1. The molecule has 1 aromatic heterocycles. The van der Waals surface area contributed by atoms with E-state index in [0.29, 0.717) is 6.04 Å². The molecule has 0 bridgehead atoms. The Morgan fingerprint density at radius 3 is 2.83 bits per heavy atom. The van der Waals surface area contributed by atoms with E-state index >= 15 is 0 Å². The molecule has 5 heteroatoms. The molecule has 1 saturated carbocycles. The van der Waals surface area contributed by atoms with Gasteiger partial charge in [-0.3, -0.25) is 0 Å². The van der Waals surface area contributed by atoms with Crippen molar-refractivity contribution in [1.82, 2.24) is 9.97 Å². The standard InChI is InChI=1S/C19H26N4O/c24-13-19(10-4-1-5-11-19)18-22-15-9-6-12-20-16(15)17(23-18)21-14-7-2-3-8-14/h1,4-5,10,14,20,24H,2-3,6-9,11-13H2,(H,21,22,23). The van der Waals surface area contributed by atoms with Crippen LogP contribution in [0.15, 0.2) is 24.3 Å². The summed E-state index contributed by atoms with van der Waals surface area (Å²) in [6.45, 7) is 1.01. The Morgan fingerprint density at radius 2 is 2.08 bits per heavy atom. The zero-order valence-corrected chi connectivity index (χ0v) is 14.1. The first kappa shape index (κ1) is 15.6. The third-order valence-electron chi connectivity index (χ3n) is 5.44. The Hall–Kier alpha value is -1.88. The van der Waals surface area contributed by atoms with Crippen LogP contribution in [0.5, 0.6) is 0 Å². The molecule has 0 amide bonds. The molecule has 0 spiro atoms. The molecule has 1 aromatic rings. The molecule has 0 radical (unpaired) electrons. The van der Waals surface area contributed by atoms with Crippen LogP contribution in [0.2, 0.25) is 0 Å². The van der Waals surface area contributed by atoms with Gasteiger partial charge >= 0.3 is 0 Å². The van der Waals surface area contributed by atoms with E-state index in [1.165, 1.54) is 25.7 Å². The second-order valence-electron chi connectivity index (χ2n) is 7.18. The summed E-state index contributed by atoms with van der Waals surface area (Å²) in [7, 11) is 0. The lowest BCUT2D eigenvalue weighted by Crippen LogP contribution is -2.33. The van der Waals surface area contributed by atoms with Crippen LogP contribution >= 0.6 is 0 Å². The Morgan fingerprint density at radius 1 is 1.21 bits per heavy atom. The molecular formula is C19H26N4O. The van der Waals surface area contributed by atoms with Crippen molar-refractivity contribution < 1.29 is 5.11 Å². The predicted octanol–water partition coefficient (Wildman–Crippen LogP) is 2.94. The first-order chi connectivity index (χ1) is 11.8. The van der Waals surface area contributed by atoms with Crippen molar-refractivity contribution in [3.8, 4) is 0 Å². The van der Waals surface area contributed by atoms with Crippen LogP contribution in [0.4, 0.5) is 11.5 Å². The van der Waals surface area contributed by atoms with E-state index in [4.69, 9.17) is 9.97 Å². The number of nitrogens with one attached hydrogen (secondary N) is 2. The number of anilines is 2.